The first kappa shape index (κ1) is 12.5. The molecule has 4 heteroatoms. The van der Waals surface area contributed by atoms with Crippen molar-refractivity contribution < 1.29 is 0 Å². The molecular weight excluding hydrogens is 224 g/mol. The Morgan fingerprint density at radius 3 is 2.61 bits per heavy atom. The molecule has 0 bridgehead atoms. The van der Waals surface area contributed by atoms with Crippen molar-refractivity contribution in [1.29, 1.82) is 0 Å². The van der Waals surface area contributed by atoms with E-state index in [-0.39, 0.29) is 0 Å². The van der Waals surface area contributed by atoms with Gasteiger partial charge in [0, 0.05) is 24.6 Å². The monoisotopic (exact) mass is 242 g/mol. The van der Waals surface area contributed by atoms with Crippen molar-refractivity contribution in [3.63, 3.8) is 0 Å². The lowest BCUT2D eigenvalue weighted by atomic mass is 10.2. The molecular formula is C14H18N4. The maximum atomic E-state index is 5.61. The number of nitrogens with one attached hydrogen (secondary N) is 1. The normalized spacial score (nSPS) is 10.3. The Kier molecular flexibility index (Phi) is 4.25. The predicted octanol–water partition coefficient (Wildman–Crippen LogP) is 2.63. The Bertz CT molecular complexity index is 493. The summed E-state index contributed by atoms with van der Waals surface area (Å²) in [6, 6.07) is 7.94. The van der Waals surface area contributed by atoms with Gasteiger partial charge in [-0.1, -0.05) is 25.5 Å². The van der Waals surface area contributed by atoms with E-state index in [1.165, 1.54) is 5.56 Å². The van der Waals surface area contributed by atoms with Gasteiger partial charge in [0.2, 0.25) is 5.95 Å². The van der Waals surface area contributed by atoms with E-state index in [2.05, 4.69) is 22.2 Å². The fourth-order valence-corrected chi connectivity index (χ4v) is 1.74. The van der Waals surface area contributed by atoms with Crippen molar-refractivity contribution in [2.45, 2.75) is 26.3 Å². The van der Waals surface area contributed by atoms with Crippen LogP contribution >= 0.6 is 0 Å². The van der Waals surface area contributed by atoms with Gasteiger partial charge in [-0.05, 0) is 29.7 Å². The summed E-state index contributed by atoms with van der Waals surface area (Å²) in [5.41, 5.74) is 8.82. The van der Waals surface area contributed by atoms with Crippen LogP contribution in [-0.2, 0) is 13.0 Å². The number of rotatable bonds is 5. The average Bonchev–Trinajstić information content (AvgIpc) is 2.42. The van der Waals surface area contributed by atoms with Crippen LogP contribution in [-0.4, -0.2) is 9.97 Å². The van der Waals surface area contributed by atoms with Gasteiger partial charge in [-0.3, -0.25) is 0 Å². The highest BCUT2D eigenvalue weighted by molar-refractivity contribution is 5.54. The van der Waals surface area contributed by atoms with Crippen LogP contribution in [0.4, 0.5) is 11.6 Å². The Morgan fingerprint density at radius 1 is 1.17 bits per heavy atom. The summed E-state index contributed by atoms with van der Waals surface area (Å²) < 4.78 is 0. The second-order valence-corrected chi connectivity index (χ2v) is 4.19. The lowest BCUT2D eigenvalue weighted by Gasteiger charge is -2.06. The molecule has 0 amide bonds. The second-order valence-electron chi connectivity index (χ2n) is 4.19. The molecule has 0 fully saturated rings. The molecule has 2 rings (SSSR count). The van der Waals surface area contributed by atoms with E-state index in [9.17, 15) is 0 Å². The Morgan fingerprint density at radius 2 is 1.94 bits per heavy atom. The third-order valence-electron chi connectivity index (χ3n) is 2.66. The maximum Gasteiger partial charge on any atom is 0.227 e. The fraction of sp³-hybridized carbons (Fsp3) is 0.286. The van der Waals surface area contributed by atoms with E-state index in [4.69, 9.17) is 5.73 Å². The van der Waals surface area contributed by atoms with Gasteiger partial charge in [-0.25, -0.2) is 9.97 Å². The quantitative estimate of drug-likeness (QED) is 0.846. The lowest BCUT2D eigenvalue weighted by Crippen LogP contribution is -2.00. The zero-order chi connectivity index (χ0) is 12.8. The summed E-state index contributed by atoms with van der Waals surface area (Å²) in [7, 11) is 0. The van der Waals surface area contributed by atoms with Crippen LogP contribution in [0.15, 0.2) is 36.7 Å². The lowest BCUT2D eigenvalue weighted by molar-refractivity contribution is 0.902. The standard InChI is InChI=1S/C14H18N4/c1-2-4-12-9-16-14(17-10-12)18-13-6-3-5-11(7-13)8-15/h3,5-7,9-10H,2,4,8,15H2,1H3,(H,16,17,18). The average molecular weight is 242 g/mol. The summed E-state index contributed by atoms with van der Waals surface area (Å²) in [5, 5.41) is 3.17. The number of hydrogen-bond donors (Lipinski definition) is 2. The fourth-order valence-electron chi connectivity index (χ4n) is 1.74. The van der Waals surface area contributed by atoms with Crippen molar-refractivity contribution in [2.75, 3.05) is 5.32 Å². The van der Waals surface area contributed by atoms with E-state index in [1.807, 2.05) is 36.7 Å². The molecule has 1 aromatic heterocycles. The maximum absolute atomic E-state index is 5.61. The van der Waals surface area contributed by atoms with Crippen LogP contribution in [0.1, 0.15) is 24.5 Å². The molecule has 0 saturated heterocycles. The molecule has 1 heterocycles. The number of benzene rings is 1. The van der Waals surface area contributed by atoms with Gasteiger partial charge in [0.25, 0.3) is 0 Å². The van der Waals surface area contributed by atoms with Crippen molar-refractivity contribution in [3.05, 3.63) is 47.8 Å². The van der Waals surface area contributed by atoms with Crippen LogP contribution < -0.4 is 11.1 Å². The molecule has 2 aromatic rings. The molecule has 0 spiro atoms. The highest BCUT2D eigenvalue weighted by Gasteiger charge is 1.99. The van der Waals surface area contributed by atoms with Gasteiger partial charge in [-0.15, -0.1) is 0 Å². The first-order chi connectivity index (χ1) is 8.81. The summed E-state index contributed by atoms with van der Waals surface area (Å²) in [5.74, 6) is 0.615. The number of nitrogens with zero attached hydrogens (tertiary/aromatic N) is 2. The van der Waals surface area contributed by atoms with Crippen LogP contribution in [0.2, 0.25) is 0 Å². The molecule has 94 valence electrons. The van der Waals surface area contributed by atoms with E-state index in [1.54, 1.807) is 0 Å². The van der Waals surface area contributed by atoms with Crippen LogP contribution in [0, 0.1) is 0 Å². The van der Waals surface area contributed by atoms with Gasteiger partial charge < -0.3 is 11.1 Å². The molecule has 4 nitrogen and oxygen atoms in total. The number of aryl methyl sites for hydroxylation is 1. The van der Waals surface area contributed by atoms with Crippen molar-refractivity contribution in [2.24, 2.45) is 5.73 Å². The van der Waals surface area contributed by atoms with E-state index < -0.39 is 0 Å². The number of hydrogen-bond acceptors (Lipinski definition) is 4. The number of anilines is 2. The molecule has 0 atom stereocenters. The third-order valence-corrected chi connectivity index (χ3v) is 2.66. The molecule has 0 aliphatic carbocycles. The van der Waals surface area contributed by atoms with E-state index in [0.717, 1.165) is 24.1 Å². The van der Waals surface area contributed by atoms with Crippen LogP contribution in [0.5, 0.6) is 0 Å². The first-order valence-corrected chi connectivity index (χ1v) is 6.18. The number of aromatic nitrogens is 2. The SMILES string of the molecule is CCCc1cnc(Nc2cccc(CN)c2)nc1. The van der Waals surface area contributed by atoms with E-state index in [0.29, 0.717) is 12.5 Å². The van der Waals surface area contributed by atoms with Gasteiger partial charge >= 0.3 is 0 Å². The van der Waals surface area contributed by atoms with Gasteiger partial charge in [0.05, 0.1) is 0 Å². The molecule has 1 aromatic carbocycles. The summed E-state index contributed by atoms with van der Waals surface area (Å²) >= 11 is 0. The largest absolute Gasteiger partial charge is 0.326 e. The smallest absolute Gasteiger partial charge is 0.227 e. The zero-order valence-electron chi connectivity index (χ0n) is 10.6. The minimum atomic E-state index is 0.534. The Hall–Kier alpha value is -1.94. The summed E-state index contributed by atoms with van der Waals surface area (Å²) in [4.78, 5) is 8.59. The molecule has 0 saturated carbocycles. The first-order valence-electron chi connectivity index (χ1n) is 6.18. The minimum Gasteiger partial charge on any atom is -0.326 e. The topological polar surface area (TPSA) is 63.8 Å². The molecule has 0 radical (unpaired) electrons. The van der Waals surface area contributed by atoms with Crippen LogP contribution in [0.3, 0.4) is 0 Å². The van der Waals surface area contributed by atoms with Crippen molar-refractivity contribution in [1.82, 2.24) is 9.97 Å². The molecule has 3 N–H and O–H groups in total. The van der Waals surface area contributed by atoms with Crippen molar-refractivity contribution in [3.8, 4) is 0 Å². The van der Waals surface area contributed by atoms with Crippen molar-refractivity contribution >= 4 is 11.6 Å². The van der Waals surface area contributed by atoms with Gasteiger partial charge in [0.1, 0.15) is 0 Å². The van der Waals surface area contributed by atoms with Gasteiger partial charge in [0.15, 0.2) is 0 Å². The van der Waals surface area contributed by atoms with E-state index >= 15 is 0 Å². The Balaban J connectivity index is 2.08. The zero-order valence-corrected chi connectivity index (χ0v) is 10.6. The Labute approximate surface area is 107 Å². The third kappa shape index (κ3) is 3.28. The van der Waals surface area contributed by atoms with Gasteiger partial charge in [-0.2, -0.15) is 0 Å². The predicted molar refractivity (Wildman–Crippen MR) is 73.6 cm³/mol. The highest BCUT2D eigenvalue weighted by atomic mass is 15.1. The molecule has 0 unspecified atom stereocenters. The van der Waals surface area contributed by atoms with Crippen LogP contribution in [0.25, 0.3) is 0 Å². The minimum absolute atomic E-state index is 0.534. The summed E-state index contributed by atoms with van der Waals surface area (Å²) in [6.07, 6.45) is 5.86. The molecule has 0 aliphatic rings. The molecule has 0 aliphatic heterocycles. The molecule has 18 heavy (non-hydrogen) atoms. The highest BCUT2D eigenvalue weighted by Crippen LogP contribution is 2.14. The summed E-state index contributed by atoms with van der Waals surface area (Å²) in [6.45, 7) is 2.68. The number of nitrogens with two attached hydrogens (primary N) is 1. The second kappa shape index (κ2) is 6.12.